The summed E-state index contributed by atoms with van der Waals surface area (Å²) in [5.74, 6) is 0. The summed E-state index contributed by atoms with van der Waals surface area (Å²) in [6, 6.07) is 0. The van der Waals surface area contributed by atoms with Gasteiger partial charge in [0.2, 0.25) is 0 Å². The van der Waals surface area contributed by atoms with E-state index in [1.807, 2.05) is 27.7 Å². The van der Waals surface area contributed by atoms with Gasteiger partial charge in [-0.1, -0.05) is 0 Å². The highest BCUT2D eigenvalue weighted by Gasteiger charge is 2.44. The second-order valence-electron chi connectivity index (χ2n) is 6.69. The zero-order chi connectivity index (χ0) is 21.4. The summed E-state index contributed by atoms with van der Waals surface area (Å²) in [4.78, 5) is 0. The summed E-state index contributed by atoms with van der Waals surface area (Å²) in [5, 5.41) is 0. The molecule has 0 aliphatic carbocycles. The van der Waals surface area contributed by atoms with Crippen LogP contribution in [0.5, 0.6) is 0 Å². The number of rotatable bonds is 6. The van der Waals surface area contributed by atoms with Crippen LogP contribution in [0.25, 0.3) is 0 Å². The summed E-state index contributed by atoms with van der Waals surface area (Å²) in [7, 11) is 8.80. The number of hydrogen-bond donors (Lipinski definition) is 0. The summed E-state index contributed by atoms with van der Waals surface area (Å²) >= 11 is 0. The average Bonchev–Trinajstić information content (AvgIpc) is 2.67. The normalized spacial score (nSPS) is 44.1. The summed E-state index contributed by atoms with van der Waals surface area (Å²) in [6.07, 6.45) is -1.20. The van der Waals surface area contributed by atoms with Gasteiger partial charge in [-0.25, -0.2) is 0 Å². The first-order valence-corrected chi connectivity index (χ1v) is 12.3. The van der Waals surface area contributed by atoms with Crippen molar-refractivity contribution in [2.45, 2.75) is 87.8 Å². The molecule has 2 aliphatic heterocycles. The van der Waals surface area contributed by atoms with E-state index in [1.165, 1.54) is 0 Å². The van der Waals surface area contributed by atoms with Crippen LogP contribution in [0.2, 0.25) is 0 Å². The fourth-order valence-electron chi connectivity index (χ4n) is 3.48. The van der Waals surface area contributed by atoms with Crippen LogP contribution in [-0.2, 0) is 36.7 Å². The molecule has 164 valence electrons. The van der Waals surface area contributed by atoms with Crippen LogP contribution >= 0.6 is 54.8 Å². The van der Waals surface area contributed by atoms with Crippen LogP contribution in [0.1, 0.15) is 27.7 Å². The van der Waals surface area contributed by atoms with Crippen molar-refractivity contribution in [2.75, 3.05) is 0 Å². The van der Waals surface area contributed by atoms with Crippen molar-refractivity contribution >= 4 is 54.8 Å². The van der Waals surface area contributed by atoms with Gasteiger partial charge in [0.25, 0.3) is 0 Å². The van der Waals surface area contributed by atoms with Gasteiger partial charge in [0, 0.05) is 37.9 Å². The van der Waals surface area contributed by atoms with Crippen molar-refractivity contribution in [1.82, 2.24) is 0 Å². The highest BCUT2D eigenvalue weighted by molar-refractivity contribution is 7.25. The van der Waals surface area contributed by atoms with Crippen LogP contribution in [-0.4, -0.2) is 60.1 Å². The molecule has 28 heavy (non-hydrogen) atoms. The Bertz CT molecular complexity index is 417. The van der Waals surface area contributed by atoms with Crippen LogP contribution in [0, 0.1) is 0 Å². The minimum absolute atomic E-state index is 0.0292. The molecule has 12 atom stereocenters. The predicted octanol–water partition coefficient (Wildman–Crippen LogP) is 3.61. The minimum atomic E-state index is -0.221. The van der Waals surface area contributed by atoms with E-state index < -0.39 is 0 Å². The Hall–Kier alpha value is 1.68. The molecule has 8 nitrogen and oxygen atoms in total. The van der Waals surface area contributed by atoms with E-state index in [9.17, 15) is 9.13 Å². The van der Waals surface area contributed by atoms with Crippen LogP contribution in [0.4, 0.5) is 0 Å². The van der Waals surface area contributed by atoms with Gasteiger partial charge in [0.05, 0.1) is 35.7 Å². The van der Waals surface area contributed by atoms with E-state index in [0.29, 0.717) is 0 Å². The van der Waals surface area contributed by atoms with Gasteiger partial charge in [0.15, 0.2) is 16.9 Å². The fourth-order valence-corrected chi connectivity index (χ4v) is 7.30. The Balaban J connectivity index is 0.000000280. The highest BCUT2D eigenvalue weighted by atomic mass is 31.1. The summed E-state index contributed by atoms with van der Waals surface area (Å²) in [6.45, 7) is 7.62. The zero-order valence-electron chi connectivity index (χ0n) is 16.2. The van der Waals surface area contributed by atoms with Crippen molar-refractivity contribution in [2.24, 2.45) is 0 Å². The van der Waals surface area contributed by atoms with Crippen LogP contribution in [0.3, 0.4) is 0 Å². The molecule has 0 aromatic carbocycles. The van der Waals surface area contributed by atoms with Gasteiger partial charge in [-0.15, -0.1) is 0 Å². The van der Waals surface area contributed by atoms with Gasteiger partial charge in [0.1, 0.15) is 24.4 Å². The van der Waals surface area contributed by atoms with Crippen molar-refractivity contribution in [1.29, 1.82) is 0 Å². The molecule has 0 aromatic heterocycles. The lowest BCUT2D eigenvalue weighted by Gasteiger charge is -2.40. The standard InChI is InChI=1S/2C7H15O4P3/c2*1-3-5(10-12)7(14-8)6(11-13)4(2)9-3/h2*3-7H,12-13H2,1-2H3. The largest absolute Gasteiger partial charge is 0.370 e. The minimum Gasteiger partial charge on any atom is -0.370 e. The first-order valence-electron chi connectivity index (χ1n) is 8.69. The Labute approximate surface area is 179 Å². The molecule has 0 spiro atoms. The zero-order valence-corrected chi connectivity index (χ0v) is 22.7. The first-order chi connectivity index (χ1) is 13.3. The first kappa shape index (κ1) is 27.7. The topological polar surface area (TPSA) is 89.5 Å². The molecule has 0 amide bonds. The molecular weight excluding hydrogens is 482 g/mol. The maximum absolute atomic E-state index is 11.1. The third-order valence-electron chi connectivity index (χ3n) is 4.93. The van der Waals surface area contributed by atoms with Gasteiger partial charge in [-0.3, -0.25) is 9.13 Å². The molecule has 0 saturated carbocycles. The quantitative estimate of drug-likeness (QED) is 0.499. The molecule has 12 unspecified atom stereocenters. The van der Waals surface area contributed by atoms with Crippen LogP contribution < -0.4 is 0 Å². The molecule has 2 fully saturated rings. The third-order valence-corrected chi connectivity index (χ3v) is 7.85. The lowest BCUT2D eigenvalue weighted by atomic mass is 9.99. The van der Waals surface area contributed by atoms with E-state index in [1.54, 1.807) is 0 Å². The molecule has 0 bridgehead atoms. The van der Waals surface area contributed by atoms with Crippen molar-refractivity contribution < 1.29 is 36.7 Å². The molecule has 2 saturated heterocycles. The lowest BCUT2D eigenvalue weighted by Crippen LogP contribution is -2.53. The molecule has 2 rings (SSSR count). The van der Waals surface area contributed by atoms with Gasteiger partial charge < -0.3 is 27.6 Å². The maximum Gasteiger partial charge on any atom is 0.164 e. The van der Waals surface area contributed by atoms with Gasteiger partial charge in [-0.05, 0) is 27.7 Å². The van der Waals surface area contributed by atoms with Crippen molar-refractivity contribution in [3.63, 3.8) is 0 Å². The Kier molecular flexibility index (Phi) is 13.8. The molecule has 2 heterocycles. The predicted molar refractivity (Wildman–Crippen MR) is 121 cm³/mol. The lowest BCUT2D eigenvalue weighted by molar-refractivity contribution is -0.130. The van der Waals surface area contributed by atoms with Crippen molar-refractivity contribution in [3.8, 4) is 0 Å². The van der Waals surface area contributed by atoms with Gasteiger partial charge >= 0.3 is 0 Å². The average molecular weight is 512 g/mol. The summed E-state index contributed by atoms with van der Waals surface area (Å²) < 4.78 is 54.0. The molecule has 0 radical (unpaired) electrons. The fraction of sp³-hybridized carbons (Fsp3) is 1.00. The van der Waals surface area contributed by atoms with Gasteiger partial charge in [-0.2, -0.15) is 0 Å². The monoisotopic (exact) mass is 512 g/mol. The molecule has 14 heteroatoms. The van der Waals surface area contributed by atoms with Crippen LogP contribution in [0.15, 0.2) is 0 Å². The number of hydrogen-bond acceptors (Lipinski definition) is 8. The van der Waals surface area contributed by atoms with E-state index >= 15 is 0 Å². The Morgan fingerprint density at radius 3 is 0.929 bits per heavy atom. The highest BCUT2D eigenvalue weighted by Crippen LogP contribution is 2.35. The smallest absolute Gasteiger partial charge is 0.164 e. The second kappa shape index (κ2) is 14.0. The van der Waals surface area contributed by atoms with E-state index in [2.05, 4.69) is 37.9 Å². The molecular formula is C14H30O8P6. The van der Waals surface area contributed by atoms with E-state index in [4.69, 9.17) is 27.6 Å². The molecule has 0 aromatic rings. The van der Waals surface area contributed by atoms with E-state index in [0.717, 1.165) is 0 Å². The SMILES string of the molecule is CC1OC(C)C(OP)C(P=O)C1OP.CC1OC(C)C(OP)C(P=O)C1OP. The third kappa shape index (κ3) is 6.84. The Morgan fingerprint density at radius 1 is 0.571 bits per heavy atom. The Morgan fingerprint density at radius 2 is 0.786 bits per heavy atom. The number of ether oxygens (including phenoxy) is 2. The van der Waals surface area contributed by atoms with Crippen molar-refractivity contribution in [3.05, 3.63) is 0 Å². The molecule has 0 N–H and O–H groups in total. The molecule has 2 aliphatic rings. The maximum atomic E-state index is 11.1. The second-order valence-corrected chi connectivity index (χ2v) is 9.39. The summed E-state index contributed by atoms with van der Waals surface area (Å²) in [5.41, 5.74) is -0.382. The van der Waals surface area contributed by atoms with E-state index in [-0.39, 0.29) is 77.1 Å².